The molecule has 4 heteroatoms. The van der Waals surface area contributed by atoms with Gasteiger partial charge in [-0.3, -0.25) is 4.79 Å². The third kappa shape index (κ3) is 3.31. The summed E-state index contributed by atoms with van der Waals surface area (Å²) in [5, 5.41) is 0. The van der Waals surface area contributed by atoms with Crippen molar-refractivity contribution in [2.45, 2.75) is 12.8 Å². The lowest BCUT2D eigenvalue weighted by atomic mass is 10.2. The first kappa shape index (κ1) is 11.1. The summed E-state index contributed by atoms with van der Waals surface area (Å²) in [6.07, 6.45) is 3.02. The molecule has 2 rings (SSSR count). The molecule has 1 aliphatic carbocycles. The Balaban J connectivity index is 1.82. The van der Waals surface area contributed by atoms with Gasteiger partial charge in [0.15, 0.2) is 6.79 Å². The Morgan fingerprint density at radius 2 is 2.19 bits per heavy atom. The molecule has 0 N–H and O–H groups in total. The number of carbonyl (C=O) groups excluding carboxylic acids is 1. The maximum atomic E-state index is 13.0. The van der Waals surface area contributed by atoms with Gasteiger partial charge in [-0.2, -0.15) is 0 Å². The summed E-state index contributed by atoms with van der Waals surface area (Å²) in [4.78, 5) is 10.5. The summed E-state index contributed by atoms with van der Waals surface area (Å²) >= 11 is 0. The summed E-state index contributed by atoms with van der Waals surface area (Å²) < 4.78 is 23.4. The predicted octanol–water partition coefficient (Wildman–Crippen LogP) is 2.40. The Labute approximate surface area is 93.2 Å². The van der Waals surface area contributed by atoms with Crippen molar-refractivity contribution in [1.29, 1.82) is 0 Å². The molecule has 16 heavy (non-hydrogen) atoms. The minimum Gasteiger partial charge on any atom is -0.467 e. The van der Waals surface area contributed by atoms with E-state index >= 15 is 0 Å². The van der Waals surface area contributed by atoms with Crippen LogP contribution in [0.1, 0.15) is 23.2 Å². The number of carbonyl (C=O) groups is 1. The van der Waals surface area contributed by atoms with Crippen LogP contribution in [0.4, 0.5) is 4.39 Å². The number of halogens is 1. The summed E-state index contributed by atoms with van der Waals surface area (Å²) in [6.45, 7) is 0.786. The smallest absolute Gasteiger partial charge is 0.189 e. The van der Waals surface area contributed by atoms with Gasteiger partial charge in [-0.1, -0.05) is 0 Å². The molecule has 1 aromatic carbocycles. The molecular weight excluding hydrogens is 211 g/mol. The van der Waals surface area contributed by atoms with Crippen LogP contribution in [0.5, 0.6) is 5.75 Å². The molecule has 1 saturated carbocycles. The van der Waals surface area contributed by atoms with E-state index in [9.17, 15) is 9.18 Å². The van der Waals surface area contributed by atoms with E-state index < -0.39 is 5.82 Å². The van der Waals surface area contributed by atoms with Crippen molar-refractivity contribution in [2.75, 3.05) is 13.4 Å². The molecule has 3 nitrogen and oxygen atoms in total. The molecule has 0 radical (unpaired) electrons. The van der Waals surface area contributed by atoms with Crippen LogP contribution in [0, 0.1) is 11.7 Å². The van der Waals surface area contributed by atoms with Gasteiger partial charge in [0, 0.05) is 11.6 Å². The van der Waals surface area contributed by atoms with Gasteiger partial charge in [-0.05, 0) is 30.9 Å². The highest BCUT2D eigenvalue weighted by atomic mass is 19.1. The monoisotopic (exact) mass is 224 g/mol. The van der Waals surface area contributed by atoms with E-state index in [1.54, 1.807) is 0 Å². The highest BCUT2D eigenvalue weighted by Gasteiger charge is 2.21. The minimum absolute atomic E-state index is 0.0955. The molecule has 0 aliphatic heterocycles. The van der Waals surface area contributed by atoms with Gasteiger partial charge in [0.05, 0.1) is 6.61 Å². The molecule has 1 aromatic rings. The van der Waals surface area contributed by atoms with E-state index in [1.165, 1.54) is 25.0 Å². The fourth-order valence-corrected chi connectivity index (χ4v) is 1.34. The molecule has 0 heterocycles. The van der Waals surface area contributed by atoms with Crippen molar-refractivity contribution in [3.8, 4) is 5.75 Å². The molecule has 0 amide bonds. The Kier molecular flexibility index (Phi) is 3.51. The van der Waals surface area contributed by atoms with Gasteiger partial charge in [0.25, 0.3) is 0 Å². The first-order chi connectivity index (χ1) is 7.78. The third-order valence-electron chi connectivity index (χ3n) is 2.39. The second kappa shape index (κ2) is 5.07. The van der Waals surface area contributed by atoms with E-state index in [-0.39, 0.29) is 12.4 Å². The van der Waals surface area contributed by atoms with Gasteiger partial charge < -0.3 is 9.47 Å². The summed E-state index contributed by atoms with van der Waals surface area (Å²) in [5.41, 5.74) is 0.261. The van der Waals surface area contributed by atoms with Crippen LogP contribution in [0.3, 0.4) is 0 Å². The first-order valence-electron chi connectivity index (χ1n) is 5.24. The summed E-state index contributed by atoms with van der Waals surface area (Å²) in [6, 6.07) is 3.87. The summed E-state index contributed by atoms with van der Waals surface area (Å²) in [7, 11) is 0. The number of benzene rings is 1. The quantitative estimate of drug-likeness (QED) is 0.423. The maximum Gasteiger partial charge on any atom is 0.189 e. The number of ether oxygens (including phenoxy) is 2. The largest absolute Gasteiger partial charge is 0.467 e. The average molecular weight is 224 g/mol. The van der Waals surface area contributed by atoms with E-state index in [0.717, 1.165) is 6.07 Å². The Morgan fingerprint density at radius 1 is 1.38 bits per heavy atom. The van der Waals surface area contributed by atoms with E-state index in [0.29, 0.717) is 24.6 Å². The number of hydrogen-bond acceptors (Lipinski definition) is 3. The molecule has 86 valence electrons. The third-order valence-corrected chi connectivity index (χ3v) is 2.39. The fraction of sp³-hybridized carbons (Fsp3) is 0.417. The van der Waals surface area contributed by atoms with Crippen molar-refractivity contribution in [3.05, 3.63) is 29.6 Å². The molecule has 1 aliphatic rings. The molecule has 0 aromatic heterocycles. The molecule has 0 spiro atoms. The Morgan fingerprint density at radius 3 is 2.88 bits per heavy atom. The van der Waals surface area contributed by atoms with Crippen molar-refractivity contribution >= 4 is 6.29 Å². The lowest BCUT2D eigenvalue weighted by Crippen LogP contribution is -2.05. The van der Waals surface area contributed by atoms with Crippen molar-refractivity contribution in [2.24, 2.45) is 5.92 Å². The van der Waals surface area contributed by atoms with Gasteiger partial charge >= 0.3 is 0 Å². The molecule has 0 atom stereocenters. The number of hydrogen-bond donors (Lipinski definition) is 0. The highest BCUT2D eigenvalue weighted by molar-refractivity contribution is 5.75. The SMILES string of the molecule is O=Cc1cc(F)cc(OCOCC2CC2)c1. The van der Waals surface area contributed by atoms with Gasteiger partial charge in [0.2, 0.25) is 0 Å². The van der Waals surface area contributed by atoms with Crippen LogP contribution in [-0.2, 0) is 4.74 Å². The van der Waals surface area contributed by atoms with Gasteiger partial charge in [-0.25, -0.2) is 4.39 Å². The normalized spacial score (nSPS) is 14.8. The Bertz CT molecular complexity index is 375. The predicted molar refractivity (Wildman–Crippen MR) is 56.0 cm³/mol. The number of rotatable bonds is 6. The summed E-state index contributed by atoms with van der Waals surface area (Å²) in [5.74, 6) is 0.501. The standard InChI is InChI=1S/C12H13FO3/c13-11-3-10(6-14)4-12(5-11)16-8-15-7-9-1-2-9/h3-6,9H,1-2,7-8H2. The van der Waals surface area contributed by atoms with E-state index in [2.05, 4.69) is 0 Å². The highest BCUT2D eigenvalue weighted by Crippen LogP contribution is 2.28. The second-order valence-electron chi connectivity index (χ2n) is 3.91. The molecular formula is C12H13FO3. The average Bonchev–Trinajstić information content (AvgIpc) is 3.07. The van der Waals surface area contributed by atoms with Crippen LogP contribution < -0.4 is 4.74 Å². The topological polar surface area (TPSA) is 35.5 Å². The first-order valence-corrected chi connectivity index (χ1v) is 5.24. The molecule has 0 unspecified atom stereocenters. The zero-order valence-electron chi connectivity index (χ0n) is 8.82. The second-order valence-corrected chi connectivity index (χ2v) is 3.91. The van der Waals surface area contributed by atoms with Gasteiger partial charge in [-0.15, -0.1) is 0 Å². The maximum absolute atomic E-state index is 13.0. The fourth-order valence-electron chi connectivity index (χ4n) is 1.34. The zero-order chi connectivity index (χ0) is 11.4. The molecule has 0 bridgehead atoms. The van der Waals surface area contributed by atoms with Crippen LogP contribution in [0.15, 0.2) is 18.2 Å². The number of aldehydes is 1. The van der Waals surface area contributed by atoms with E-state index in [1.807, 2.05) is 0 Å². The van der Waals surface area contributed by atoms with Crippen LogP contribution >= 0.6 is 0 Å². The van der Waals surface area contributed by atoms with Crippen molar-refractivity contribution < 1.29 is 18.7 Å². The molecule has 1 fully saturated rings. The van der Waals surface area contributed by atoms with E-state index in [4.69, 9.17) is 9.47 Å². The van der Waals surface area contributed by atoms with Gasteiger partial charge in [0.1, 0.15) is 17.9 Å². The van der Waals surface area contributed by atoms with Crippen LogP contribution in [0.2, 0.25) is 0 Å². The zero-order valence-corrected chi connectivity index (χ0v) is 8.82. The lowest BCUT2D eigenvalue weighted by Gasteiger charge is -2.07. The Hall–Kier alpha value is -1.42. The van der Waals surface area contributed by atoms with Crippen LogP contribution in [0.25, 0.3) is 0 Å². The van der Waals surface area contributed by atoms with Crippen LogP contribution in [-0.4, -0.2) is 19.7 Å². The van der Waals surface area contributed by atoms with Crippen molar-refractivity contribution in [1.82, 2.24) is 0 Å². The van der Waals surface area contributed by atoms with Crippen molar-refractivity contribution in [3.63, 3.8) is 0 Å². The minimum atomic E-state index is -0.484. The molecule has 0 saturated heterocycles. The lowest BCUT2D eigenvalue weighted by molar-refractivity contribution is 0.00980.